The smallest absolute Gasteiger partial charge is 0.256 e. The molecule has 4 aromatic heterocycles. The summed E-state index contributed by atoms with van der Waals surface area (Å²) in [4.78, 5) is 13.6. The van der Waals surface area contributed by atoms with Crippen LogP contribution in [-0.2, 0) is 10.0 Å². The van der Waals surface area contributed by atoms with Crippen molar-refractivity contribution in [2.24, 2.45) is 0 Å². The van der Waals surface area contributed by atoms with Gasteiger partial charge in [-0.3, -0.25) is 4.68 Å². The van der Waals surface area contributed by atoms with E-state index in [1.807, 2.05) is 23.1 Å². The van der Waals surface area contributed by atoms with Crippen LogP contribution in [0.25, 0.3) is 22.5 Å². The van der Waals surface area contributed by atoms with Crippen molar-refractivity contribution < 1.29 is 13.5 Å². The van der Waals surface area contributed by atoms with Crippen LogP contribution in [0.4, 0.5) is 17.3 Å². The molecule has 0 spiro atoms. The van der Waals surface area contributed by atoms with E-state index in [0.717, 1.165) is 59.4 Å². The molecule has 3 aliphatic rings. The predicted molar refractivity (Wildman–Crippen MR) is 149 cm³/mol. The van der Waals surface area contributed by atoms with Crippen LogP contribution >= 0.6 is 0 Å². The van der Waals surface area contributed by atoms with E-state index in [4.69, 9.17) is 0 Å². The van der Waals surface area contributed by atoms with E-state index in [9.17, 15) is 13.5 Å². The molecule has 40 heavy (non-hydrogen) atoms. The quantitative estimate of drug-likeness (QED) is 0.275. The van der Waals surface area contributed by atoms with Crippen LogP contribution in [0.1, 0.15) is 57.4 Å². The summed E-state index contributed by atoms with van der Waals surface area (Å²) >= 11 is 0. The van der Waals surface area contributed by atoms with Crippen molar-refractivity contribution >= 4 is 27.3 Å². The SMILES string of the molecule is O=S(=O)(C1CC1)n1cc(-c2nccc(Nc3cc(NC4CCC(O)CC4)c(-c4cnn(C5CC5)c4)cn3)n2)cn1. The molecule has 0 bridgehead atoms. The number of nitrogens with zero attached hydrogens (tertiary/aromatic N) is 7. The molecule has 13 heteroatoms. The standard InChI is InChI=1S/C27H31N9O3S/c37-21-5-1-19(2-6-21)32-24-11-26(29-14-23(24)17-12-30-35(15-17)20-3-4-20)33-25-9-10-28-27(34-25)18-13-31-36(16-18)40(38,39)22-7-8-22/h9-16,19-22,37H,1-8H2,(H2,28,29,32,33,34). The first kappa shape index (κ1) is 25.1. The summed E-state index contributed by atoms with van der Waals surface area (Å²) in [6, 6.07) is 4.45. The fourth-order valence-corrected chi connectivity index (χ4v) is 6.58. The molecule has 0 radical (unpaired) electrons. The molecular weight excluding hydrogens is 530 g/mol. The zero-order valence-electron chi connectivity index (χ0n) is 21.9. The van der Waals surface area contributed by atoms with Crippen LogP contribution in [-0.4, -0.2) is 64.8 Å². The number of anilines is 3. The monoisotopic (exact) mass is 561 g/mol. The Kier molecular flexibility index (Phi) is 6.27. The third-order valence-corrected chi connectivity index (χ3v) is 9.77. The Morgan fingerprint density at radius 2 is 1.68 bits per heavy atom. The van der Waals surface area contributed by atoms with Crippen molar-refractivity contribution in [1.82, 2.24) is 33.9 Å². The van der Waals surface area contributed by atoms with E-state index < -0.39 is 10.0 Å². The van der Waals surface area contributed by atoms with Crippen LogP contribution in [0.2, 0.25) is 0 Å². The molecule has 0 amide bonds. The topological polar surface area (TPSA) is 153 Å². The second kappa shape index (κ2) is 9.97. The van der Waals surface area contributed by atoms with E-state index in [0.29, 0.717) is 41.9 Å². The Morgan fingerprint density at radius 3 is 2.45 bits per heavy atom. The molecule has 12 nitrogen and oxygen atoms in total. The molecule has 208 valence electrons. The first-order valence-corrected chi connectivity index (χ1v) is 15.3. The van der Waals surface area contributed by atoms with E-state index in [-0.39, 0.29) is 17.4 Å². The maximum atomic E-state index is 12.5. The van der Waals surface area contributed by atoms with Gasteiger partial charge in [0.2, 0.25) is 0 Å². The number of pyridine rings is 1. The fourth-order valence-electron chi connectivity index (χ4n) is 5.11. The lowest BCUT2D eigenvalue weighted by Crippen LogP contribution is -2.28. The Hall–Kier alpha value is -3.84. The van der Waals surface area contributed by atoms with Crippen LogP contribution < -0.4 is 10.6 Å². The molecule has 0 atom stereocenters. The molecule has 0 aliphatic heterocycles. The number of aliphatic hydroxyl groups excluding tert-OH is 1. The van der Waals surface area contributed by atoms with Crippen LogP contribution in [0.3, 0.4) is 0 Å². The van der Waals surface area contributed by atoms with Crippen molar-refractivity contribution in [1.29, 1.82) is 0 Å². The van der Waals surface area contributed by atoms with Gasteiger partial charge in [-0.15, -0.1) is 0 Å². The van der Waals surface area contributed by atoms with Gasteiger partial charge < -0.3 is 15.7 Å². The summed E-state index contributed by atoms with van der Waals surface area (Å²) in [5.74, 6) is 1.50. The lowest BCUT2D eigenvalue weighted by molar-refractivity contribution is 0.126. The number of aromatic nitrogens is 7. The van der Waals surface area contributed by atoms with Gasteiger partial charge in [0.25, 0.3) is 10.0 Å². The lowest BCUT2D eigenvalue weighted by Gasteiger charge is -2.28. The van der Waals surface area contributed by atoms with Gasteiger partial charge in [0.05, 0.1) is 41.5 Å². The minimum atomic E-state index is -3.46. The number of hydrogen-bond acceptors (Lipinski definition) is 10. The molecule has 3 fully saturated rings. The van der Waals surface area contributed by atoms with Crippen molar-refractivity contribution in [3.05, 3.63) is 49.3 Å². The van der Waals surface area contributed by atoms with Gasteiger partial charge in [-0.2, -0.15) is 14.3 Å². The summed E-state index contributed by atoms with van der Waals surface area (Å²) < 4.78 is 28.1. The third kappa shape index (κ3) is 5.18. The Balaban J connectivity index is 1.14. The summed E-state index contributed by atoms with van der Waals surface area (Å²) in [6.45, 7) is 0. The van der Waals surface area contributed by atoms with Gasteiger partial charge in [-0.25, -0.2) is 23.4 Å². The molecule has 0 aromatic carbocycles. The molecule has 3 aliphatic carbocycles. The Labute approximate surface area is 231 Å². The van der Waals surface area contributed by atoms with Crippen molar-refractivity contribution in [3.63, 3.8) is 0 Å². The predicted octanol–water partition coefficient (Wildman–Crippen LogP) is 3.73. The lowest BCUT2D eigenvalue weighted by atomic mass is 9.92. The summed E-state index contributed by atoms with van der Waals surface area (Å²) in [6.07, 6.45) is 17.1. The average molecular weight is 562 g/mol. The average Bonchev–Trinajstić information content (AvgIpc) is 3.89. The first-order chi connectivity index (χ1) is 19.4. The fraction of sp³-hybridized carbons (Fsp3) is 0.444. The highest BCUT2D eigenvalue weighted by atomic mass is 32.2. The van der Waals surface area contributed by atoms with Crippen LogP contribution in [0, 0.1) is 0 Å². The zero-order chi connectivity index (χ0) is 27.3. The normalized spacial score (nSPS) is 21.3. The largest absolute Gasteiger partial charge is 0.393 e. The van der Waals surface area contributed by atoms with Crippen molar-refractivity contribution in [2.45, 2.75) is 74.8 Å². The molecule has 0 saturated heterocycles. The molecule has 4 heterocycles. The highest BCUT2D eigenvalue weighted by Gasteiger charge is 2.37. The molecule has 7 rings (SSSR count). The minimum Gasteiger partial charge on any atom is -0.393 e. The summed E-state index contributed by atoms with van der Waals surface area (Å²) in [5, 5.41) is 25.2. The first-order valence-electron chi connectivity index (χ1n) is 13.8. The summed E-state index contributed by atoms with van der Waals surface area (Å²) in [7, 11) is -3.46. The van der Waals surface area contributed by atoms with Gasteiger partial charge in [-0.1, -0.05) is 0 Å². The van der Waals surface area contributed by atoms with E-state index in [2.05, 4.69) is 42.0 Å². The maximum Gasteiger partial charge on any atom is 0.256 e. The number of aliphatic hydroxyl groups is 1. The highest BCUT2D eigenvalue weighted by Crippen LogP contribution is 2.37. The Morgan fingerprint density at radius 1 is 0.875 bits per heavy atom. The zero-order valence-corrected chi connectivity index (χ0v) is 22.7. The van der Waals surface area contributed by atoms with Crippen molar-refractivity contribution in [2.75, 3.05) is 10.6 Å². The second-order valence-corrected chi connectivity index (χ2v) is 13.0. The van der Waals surface area contributed by atoms with Crippen molar-refractivity contribution in [3.8, 4) is 22.5 Å². The van der Waals surface area contributed by atoms with E-state index in [1.54, 1.807) is 12.3 Å². The third-order valence-electron chi connectivity index (χ3n) is 7.73. The molecular formula is C27H31N9O3S. The minimum absolute atomic E-state index is 0.225. The van der Waals surface area contributed by atoms with Crippen LogP contribution in [0.15, 0.2) is 49.3 Å². The summed E-state index contributed by atoms with van der Waals surface area (Å²) in [5.41, 5.74) is 3.43. The van der Waals surface area contributed by atoms with E-state index >= 15 is 0 Å². The van der Waals surface area contributed by atoms with Crippen LogP contribution in [0.5, 0.6) is 0 Å². The molecule has 0 unspecified atom stereocenters. The van der Waals surface area contributed by atoms with Gasteiger partial charge >= 0.3 is 0 Å². The second-order valence-electron chi connectivity index (χ2n) is 10.9. The van der Waals surface area contributed by atoms with Gasteiger partial charge in [-0.05, 0) is 57.4 Å². The van der Waals surface area contributed by atoms with Gasteiger partial charge in [0, 0.05) is 47.5 Å². The highest BCUT2D eigenvalue weighted by molar-refractivity contribution is 7.90. The van der Waals surface area contributed by atoms with Gasteiger partial charge in [0.1, 0.15) is 11.6 Å². The molecule has 3 N–H and O–H groups in total. The maximum absolute atomic E-state index is 12.5. The van der Waals surface area contributed by atoms with E-state index in [1.165, 1.54) is 12.4 Å². The molecule has 4 aromatic rings. The number of nitrogens with one attached hydrogen (secondary N) is 2. The number of rotatable bonds is 9. The van der Waals surface area contributed by atoms with Gasteiger partial charge in [0.15, 0.2) is 5.82 Å². The number of hydrogen-bond donors (Lipinski definition) is 3. The molecule has 3 saturated carbocycles. The Bertz CT molecular complexity index is 1630.